The van der Waals surface area contributed by atoms with Gasteiger partial charge in [-0.3, -0.25) is 0 Å². The molecule has 0 rings (SSSR count). The Morgan fingerprint density at radius 1 is 1.06 bits per heavy atom. The Hall–Kier alpha value is 0.744. The summed E-state index contributed by atoms with van der Waals surface area (Å²) >= 11 is 2.13. The van der Waals surface area contributed by atoms with Gasteiger partial charge in [-0.25, -0.2) is 0 Å². The van der Waals surface area contributed by atoms with Crippen molar-refractivity contribution in [3.63, 3.8) is 0 Å². The first-order valence-electron chi connectivity index (χ1n) is 7.20. The molecule has 4 heteroatoms. The Morgan fingerprint density at radius 3 is 1.89 bits per heavy atom. The van der Waals surface area contributed by atoms with Crippen molar-refractivity contribution in [1.82, 2.24) is 0 Å². The summed E-state index contributed by atoms with van der Waals surface area (Å²) in [7, 11) is -2.64. The summed E-state index contributed by atoms with van der Waals surface area (Å²) in [5, 5.41) is 0. The van der Waals surface area contributed by atoms with Crippen molar-refractivity contribution in [2.45, 2.75) is 84.8 Å². The highest BCUT2D eigenvalue weighted by Crippen LogP contribution is 2.34. The van der Waals surface area contributed by atoms with E-state index in [1.165, 1.54) is 18.9 Å². The second-order valence-electron chi connectivity index (χ2n) is 8.06. The van der Waals surface area contributed by atoms with Crippen LogP contribution in [0.15, 0.2) is 0 Å². The maximum absolute atomic E-state index is 6.57. The van der Waals surface area contributed by atoms with E-state index in [4.69, 9.17) is 4.43 Å². The third-order valence-electron chi connectivity index (χ3n) is 2.42. The van der Waals surface area contributed by atoms with Gasteiger partial charge in [0.25, 0.3) is 0 Å². The molecule has 0 saturated heterocycles. The van der Waals surface area contributed by atoms with Gasteiger partial charge in [0, 0.05) is 0 Å². The average Bonchev–Trinajstić information content (AvgIpc) is 1.93. The predicted molar refractivity (Wildman–Crippen MR) is 92.5 cm³/mol. The summed E-state index contributed by atoms with van der Waals surface area (Å²) in [5.41, 5.74) is 0.821. The Bertz CT molecular complexity index is 241. The maximum atomic E-state index is 6.57. The molecular formula is C14H34OSSi2. The van der Waals surface area contributed by atoms with Gasteiger partial charge in [-0.1, -0.05) is 53.8 Å². The molecule has 0 saturated carbocycles. The van der Waals surface area contributed by atoms with E-state index in [2.05, 4.69) is 71.6 Å². The van der Waals surface area contributed by atoms with E-state index < -0.39 is 15.5 Å². The highest BCUT2D eigenvalue weighted by atomic mass is 32.4. The van der Waals surface area contributed by atoms with E-state index in [0.717, 1.165) is 0 Å². The molecule has 18 heavy (non-hydrogen) atoms. The molecule has 0 aromatic heterocycles. The van der Waals surface area contributed by atoms with Gasteiger partial charge in [0.15, 0.2) is 8.32 Å². The van der Waals surface area contributed by atoms with Crippen LogP contribution in [0.1, 0.15) is 40.5 Å². The van der Waals surface area contributed by atoms with E-state index >= 15 is 0 Å². The van der Waals surface area contributed by atoms with Crippen LogP contribution in [0, 0.1) is 5.41 Å². The molecule has 0 aliphatic carbocycles. The Balaban J connectivity index is 4.56. The lowest BCUT2D eigenvalue weighted by Gasteiger charge is -2.35. The van der Waals surface area contributed by atoms with Crippen LogP contribution >= 0.6 is 11.2 Å². The van der Waals surface area contributed by atoms with Gasteiger partial charge < -0.3 is 4.43 Å². The molecule has 0 fully saturated rings. The Morgan fingerprint density at radius 2 is 1.56 bits per heavy atom. The van der Waals surface area contributed by atoms with E-state index in [1.807, 2.05) is 0 Å². The molecule has 0 aliphatic rings. The summed E-state index contributed by atoms with van der Waals surface area (Å²) in [4.78, 5) is 0. The standard InChI is InChI=1S/C14H34OSSi2/c1-10-11-13(16-17(5,6)7)15-18(8,9)12-14(2,3)4/h13H,10-12H2,1-9H3. The monoisotopic (exact) mass is 306 g/mol. The van der Waals surface area contributed by atoms with Crippen LogP contribution < -0.4 is 0 Å². The van der Waals surface area contributed by atoms with Crippen molar-refractivity contribution in [3.8, 4) is 0 Å². The molecule has 110 valence electrons. The first kappa shape index (κ1) is 18.7. The molecule has 0 bridgehead atoms. The number of hydrogen-bond donors (Lipinski definition) is 0. The van der Waals surface area contributed by atoms with Crippen LogP contribution in [-0.4, -0.2) is 21.0 Å². The van der Waals surface area contributed by atoms with Gasteiger partial charge in [-0.15, -0.1) is 0 Å². The highest BCUT2D eigenvalue weighted by Gasteiger charge is 2.33. The van der Waals surface area contributed by atoms with Crippen LogP contribution in [0.4, 0.5) is 0 Å². The summed E-state index contributed by atoms with van der Waals surface area (Å²) in [6.07, 6.45) is 2.43. The second kappa shape index (κ2) is 6.96. The van der Waals surface area contributed by atoms with E-state index in [9.17, 15) is 0 Å². The van der Waals surface area contributed by atoms with Crippen molar-refractivity contribution in [1.29, 1.82) is 0 Å². The molecule has 0 aromatic rings. The maximum Gasteiger partial charge on any atom is 0.188 e. The molecule has 0 radical (unpaired) electrons. The van der Waals surface area contributed by atoms with E-state index in [0.29, 0.717) is 10.9 Å². The fourth-order valence-electron chi connectivity index (χ4n) is 2.45. The molecule has 0 aliphatic heterocycles. The van der Waals surface area contributed by atoms with Gasteiger partial charge in [0.2, 0.25) is 0 Å². The topological polar surface area (TPSA) is 9.23 Å². The molecule has 0 N–H and O–H groups in total. The van der Waals surface area contributed by atoms with Gasteiger partial charge in [-0.05, 0) is 31.0 Å². The lowest BCUT2D eigenvalue weighted by molar-refractivity contribution is 0.256. The van der Waals surface area contributed by atoms with Crippen molar-refractivity contribution in [2.24, 2.45) is 5.41 Å². The van der Waals surface area contributed by atoms with Crippen molar-refractivity contribution < 1.29 is 4.43 Å². The second-order valence-corrected chi connectivity index (χ2v) is 21.5. The molecule has 0 aromatic carbocycles. The van der Waals surface area contributed by atoms with Crippen molar-refractivity contribution in [2.75, 3.05) is 0 Å². The zero-order valence-electron chi connectivity index (χ0n) is 14.0. The lowest BCUT2D eigenvalue weighted by atomic mass is 10.0. The third-order valence-corrected chi connectivity index (χ3v) is 9.63. The average molecular weight is 307 g/mol. The van der Waals surface area contributed by atoms with Gasteiger partial charge in [0.1, 0.15) is 7.22 Å². The summed E-state index contributed by atoms with van der Waals surface area (Å²) < 4.78 is 6.57. The SMILES string of the molecule is CCCC(O[Si](C)(C)CC(C)(C)C)S[Si](C)(C)C. The minimum absolute atomic E-state index is 0.385. The molecule has 1 nitrogen and oxygen atoms in total. The normalized spacial score (nSPS) is 15.8. The fourth-order valence-corrected chi connectivity index (χ4v) is 11.2. The van der Waals surface area contributed by atoms with Crippen LogP contribution in [0.3, 0.4) is 0 Å². The fraction of sp³-hybridized carbons (Fsp3) is 1.00. The van der Waals surface area contributed by atoms with Gasteiger partial charge >= 0.3 is 0 Å². The molecule has 0 heterocycles. The van der Waals surface area contributed by atoms with Crippen LogP contribution in [-0.2, 0) is 4.43 Å². The highest BCUT2D eigenvalue weighted by molar-refractivity contribution is 8.28. The summed E-state index contributed by atoms with van der Waals surface area (Å²) in [5.74, 6) is 0. The van der Waals surface area contributed by atoms with Crippen LogP contribution in [0.25, 0.3) is 0 Å². The van der Waals surface area contributed by atoms with Crippen LogP contribution in [0.2, 0.25) is 38.8 Å². The minimum atomic E-state index is -1.54. The van der Waals surface area contributed by atoms with E-state index in [1.54, 1.807) is 0 Å². The zero-order valence-corrected chi connectivity index (χ0v) is 16.8. The van der Waals surface area contributed by atoms with Crippen LogP contribution in [0.5, 0.6) is 0 Å². The molecule has 0 amide bonds. The first-order valence-corrected chi connectivity index (χ1v) is 15.4. The molecule has 0 spiro atoms. The largest absolute Gasteiger partial charge is 0.406 e. The summed E-state index contributed by atoms with van der Waals surface area (Å²) in [6, 6.07) is 1.24. The Labute approximate surface area is 121 Å². The predicted octanol–water partition coefficient (Wildman–Crippen LogP) is 5.95. The third kappa shape index (κ3) is 10.6. The van der Waals surface area contributed by atoms with Crippen molar-refractivity contribution in [3.05, 3.63) is 0 Å². The number of hydrogen-bond acceptors (Lipinski definition) is 2. The lowest BCUT2D eigenvalue weighted by Crippen LogP contribution is -2.39. The van der Waals surface area contributed by atoms with Gasteiger partial charge in [-0.2, -0.15) is 11.2 Å². The molecular weight excluding hydrogens is 272 g/mol. The zero-order chi connectivity index (χ0) is 14.6. The van der Waals surface area contributed by atoms with Gasteiger partial charge in [0.05, 0.1) is 5.44 Å². The Kier molecular flexibility index (Phi) is 7.24. The smallest absolute Gasteiger partial charge is 0.188 e. The first-order chi connectivity index (χ1) is 7.85. The minimum Gasteiger partial charge on any atom is -0.406 e. The molecule has 1 atom stereocenters. The number of rotatable bonds is 7. The quantitative estimate of drug-likeness (QED) is 0.424. The summed E-state index contributed by atoms with van der Waals surface area (Å²) in [6.45, 7) is 21.3. The molecule has 1 unspecified atom stereocenters. The van der Waals surface area contributed by atoms with E-state index in [-0.39, 0.29) is 0 Å². The van der Waals surface area contributed by atoms with Crippen molar-refractivity contribution >= 4 is 26.8 Å².